The van der Waals surface area contributed by atoms with Gasteiger partial charge in [0.05, 0.1) is 5.56 Å². The van der Waals surface area contributed by atoms with Crippen LogP contribution in [-0.4, -0.2) is 24.8 Å². The van der Waals surface area contributed by atoms with Crippen molar-refractivity contribution < 1.29 is 23.8 Å². The van der Waals surface area contributed by atoms with E-state index in [1.807, 2.05) is 6.07 Å². The van der Waals surface area contributed by atoms with Crippen molar-refractivity contribution in [1.82, 2.24) is 5.32 Å². The molecule has 0 saturated heterocycles. The maximum absolute atomic E-state index is 12.1. The number of hydrogen-bond acceptors (Lipinski definition) is 5. The third-order valence-electron chi connectivity index (χ3n) is 3.62. The maximum atomic E-state index is 12.1. The van der Waals surface area contributed by atoms with Gasteiger partial charge in [0.25, 0.3) is 5.91 Å². The first-order valence-electron chi connectivity index (χ1n) is 7.66. The van der Waals surface area contributed by atoms with Gasteiger partial charge < -0.3 is 19.5 Å². The molecular weight excluding hydrogens is 346 g/mol. The number of benzene rings is 2. The second kappa shape index (κ2) is 7.44. The zero-order valence-corrected chi connectivity index (χ0v) is 14.2. The molecule has 2 aromatic carbocycles. The van der Waals surface area contributed by atoms with Crippen molar-refractivity contribution in [3.8, 4) is 11.5 Å². The predicted molar refractivity (Wildman–Crippen MR) is 90.7 cm³/mol. The summed E-state index contributed by atoms with van der Waals surface area (Å²) in [5.41, 5.74) is 1.15. The normalized spacial score (nSPS) is 13.2. The van der Waals surface area contributed by atoms with Crippen molar-refractivity contribution in [2.45, 2.75) is 19.6 Å². The smallest absolute Gasteiger partial charge is 0.338 e. The van der Waals surface area contributed by atoms with Crippen molar-refractivity contribution in [3.05, 3.63) is 58.6 Å². The zero-order chi connectivity index (χ0) is 17.8. The number of halogens is 1. The van der Waals surface area contributed by atoms with Gasteiger partial charge in [0.2, 0.25) is 6.79 Å². The van der Waals surface area contributed by atoms with Crippen molar-refractivity contribution in [2.24, 2.45) is 0 Å². The van der Waals surface area contributed by atoms with Gasteiger partial charge in [-0.15, -0.1) is 0 Å². The van der Waals surface area contributed by atoms with Crippen LogP contribution in [0.3, 0.4) is 0 Å². The molecule has 0 fully saturated rings. The highest BCUT2D eigenvalue weighted by Crippen LogP contribution is 2.32. The fourth-order valence-corrected chi connectivity index (χ4v) is 2.47. The van der Waals surface area contributed by atoms with Crippen molar-refractivity contribution in [2.75, 3.05) is 6.79 Å². The lowest BCUT2D eigenvalue weighted by molar-refractivity contribution is -0.129. The maximum Gasteiger partial charge on any atom is 0.338 e. The molecule has 6 nitrogen and oxygen atoms in total. The molecular formula is C18H16ClNO5. The second-order valence-corrected chi connectivity index (χ2v) is 5.90. The van der Waals surface area contributed by atoms with E-state index in [0.717, 1.165) is 5.56 Å². The standard InChI is InChI=1S/C18H16ClNO5/c1-11(25-18(22)13-3-2-4-14(19)8-13)17(21)20-9-12-5-6-15-16(7-12)24-10-23-15/h2-8,11H,9-10H2,1H3,(H,20,21)/t11-/m0/s1. The molecule has 0 aromatic heterocycles. The molecule has 25 heavy (non-hydrogen) atoms. The molecule has 130 valence electrons. The predicted octanol–water partition coefficient (Wildman–Crippen LogP) is 2.93. The van der Waals surface area contributed by atoms with Gasteiger partial charge in [0.15, 0.2) is 17.6 Å². The van der Waals surface area contributed by atoms with Crippen molar-refractivity contribution in [3.63, 3.8) is 0 Å². The SMILES string of the molecule is C[C@H](OC(=O)c1cccc(Cl)c1)C(=O)NCc1ccc2c(c1)OCO2. The van der Waals surface area contributed by atoms with Crippen LogP contribution in [0.15, 0.2) is 42.5 Å². The van der Waals surface area contributed by atoms with Crippen LogP contribution in [0.1, 0.15) is 22.8 Å². The first kappa shape index (κ1) is 17.1. The summed E-state index contributed by atoms with van der Waals surface area (Å²) in [4.78, 5) is 24.1. The summed E-state index contributed by atoms with van der Waals surface area (Å²) in [7, 11) is 0. The van der Waals surface area contributed by atoms with Gasteiger partial charge in [0, 0.05) is 11.6 Å². The summed E-state index contributed by atoms with van der Waals surface area (Å²) in [5.74, 6) is 0.326. The number of carbonyl (C=O) groups is 2. The summed E-state index contributed by atoms with van der Waals surface area (Å²) >= 11 is 5.84. The number of rotatable bonds is 5. The van der Waals surface area contributed by atoms with Crippen LogP contribution in [0.25, 0.3) is 0 Å². The quantitative estimate of drug-likeness (QED) is 0.829. The average Bonchev–Trinajstić information content (AvgIpc) is 3.07. The Morgan fingerprint density at radius 3 is 2.80 bits per heavy atom. The molecule has 1 heterocycles. The van der Waals surface area contributed by atoms with Crippen LogP contribution in [0.4, 0.5) is 0 Å². The van der Waals surface area contributed by atoms with Crippen LogP contribution in [-0.2, 0) is 16.1 Å². The minimum Gasteiger partial charge on any atom is -0.454 e. The summed E-state index contributed by atoms with van der Waals surface area (Å²) in [6.45, 7) is 1.99. The largest absolute Gasteiger partial charge is 0.454 e. The molecule has 2 aromatic rings. The molecule has 0 spiro atoms. The summed E-state index contributed by atoms with van der Waals surface area (Å²) < 4.78 is 15.7. The Morgan fingerprint density at radius 2 is 2.00 bits per heavy atom. The number of amides is 1. The molecule has 1 amide bonds. The van der Waals surface area contributed by atoms with E-state index in [4.69, 9.17) is 25.8 Å². The Hall–Kier alpha value is -2.73. The lowest BCUT2D eigenvalue weighted by Crippen LogP contribution is -2.35. The van der Waals surface area contributed by atoms with Crippen LogP contribution in [0, 0.1) is 0 Å². The van der Waals surface area contributed by atoms with Crippen molar-refractivity contribution >= 4 is 23.5 Å². The molecule has 0 saturated carbocycles. The van der Waals surface area contributed by atoms with E-state index >= 15 is 0 Å². The number of ether oxygens (including phenoxy) is 3. The van der Waals surface area contributed by atoms with Gasteiger partial charge in [-0.1, -0.05) is 23.7 Å². The molecule has 1 aliphatic heterocycles. The molecule has 7 heteroatoms. The average molecular weight is 362 g/mol. The van der Waals surface area contributed by atoms with Gasteiger partial charge in [-0.3, -0.25) is 4.79 Å². The van der Waals surface area contributed by atoms with Crippen LogP contribution in [0.5, 0.6) is 11.5 Å². The highest BCUT2D eigenvalue weighted by Gasteiger charge is 2.19. The molecule has 0 radical (unpaired) electrons. The number of nitrogens with one attached hydrogen (secondary N) is 1. The third-order valence-corrected chi connectivity index (χ3v) is 3.85. The molecule has 0 unspecified atom stereocenters. The lowest BCUT2D eigenvalue weighted by atomic mass is 10.2. The van der Waals surface area contributed by atoms with E-state index in [0.29, 0.717) is 22.1 Å². The summed E-state index contributed by atoms with van der Waals surface area (Å²) in [6, 6.07) is 11.8. The Balaban J connectivity index is 1.53. The topological polar surface area (TPSA) is 73.9 Å². The summed E-state index contributed by atoms with van der Waals surface area (Å²) in [5, 5.41) is 3.14. The molecule has 1 N–H and O–H groups in total. The first-order chi connectivity index (χ1) is 12.0. The van der Waals surface area contributed by atoms with E-state index in [2.05, 4.69) is 5.32 Å². The minimum absolute atomic E-state index is 0.196. The number of hydrogen-bond donors (Lipinski definition) is 1. The lowest BCUT2D eigenvalue weighted by Gasteiger charge is -2.14. The van der Waals surface area contributed by atoms with E-state index < -0.39 is 18.0 Å². The molecule has 1 aliphatic rings. The van der Waals surface area contributed by atoms with Gasteiger partial charge in [-0.25, -0.2) is 4.79 Å². The Bertz CT molecular complexity index is 808. The number of carbonyl (C=O) groups excluding carboxylic acids is 2. The minimum atomic E-state index is -0.930. The van der Waals surface area contributed by atoms with E-state index in [1.165, 1.54) is 13.0 Å². The second-order valence-electron chi connectivity index (χ2n) is 5.46. The fourth-order valence-electron chi connectivity index (χ4n) is 2.28. The Morgan fingerprint density at radius 1 is 1.20 bits per heavy atom. The van der Waals surface area contributed by atoms with Crippen LogP contribution < -0.4 is 14.8 Å². The number of fused-ring (bicyclic) bond motifs is 1. The molecule has 0 aliphatic carbocycles. The number of esters is 1. The van der Waals surface area contributed by atoms with Gasteiger partial charge in [0.1, 0.15) is 0 Å². The molecule has 1 atom stereocenters. The van der Waals surface area contributed by atoms with Gasteiger partial charge in [-0.05, 0) is 42.8 Å². The van der Waals surface area contributed by atoms with Gasteiger partial charge >= 0.3 is 5.97 Å². The van der Waals surface area contributed by atoms with Crippen LogP contribution in [0.2, 0.25) is 5.02 Å². The monoisotopic (exact) mass is 361 g/mol. The Labute approximate surface area is 149 Å². The van der Waals surface area contributed by atoms with Crippen molar-refractivity contribution in [1.29, 1.82) is 0 Å². The first-order valence-corrected chi connectivity index (χ1v) is 8.03. The van der Waals surface area contributed by atoms with E-state index in [9.17, 15) is 9.59 Å². The third kappa shape index (κ3) is 4.22. The highest BCUT2D eigenvalue weighted by molar-refractivity contribution is 6.30. The highest BCUT2D eigenvalue weighted by atomic mass is 35.5. The molecule has 3 rings (SSSR count). The summed E-state index contributed by atoms with van der Waals surface area (Å²) in [6.07, 6.45) is -0.930. The zero-order valence-electron chi connectivity index (χ0n) is 13.5. The van der Waals surface area contributed by atoms with E-state index in [-0.39, 0.29) is 13.3 Å². The molecule has 0 bridgehead atoms. The van der Waals surface area contributed by atoms with E-state index in [1.54, 1.807) is 30.3 Å². The Kier molecular flexibility index (Phi) is 5.09. The van der Waals surface area contributed by atoms with Gasteiger partial charge in [-0.2, -0.15) is 0 Å². The fraction of sp³-hybridized carbons (Fsp3) is 0.222. The van der Waals surface area contributed by atoms with Crippen LogP contribution >= 0.6 is 11.6 Å².